The molecule has 0 aliphatic heterocycles. The Morgan fingerprint density at radius 1 is 1.00 bits per heavy atom. The van der Waals surface area contributed by atoms with Crippen LogP contribution in [0.15, 0.2) is 48.8 Å². The zero-order valence-electron chi connectivity index (χ0n) is 14.7. The molecule has 3 rings (SSSR count). The summed E-state index contributed by atoms with van der Waals surface area (Å²) >= 11 is 0. The van der Waals surface area contributed by atoms with Crippen molar-refractivity contribution in [3.63, 3.8) is 0 Å². The van der Waals surface area contributed by atoms with Crippen LogP contribution in [0.2, 0.25) is 0 Å². The summed E-state index contributed by atoms with van der Waals surface area (Å²) in [7, 11) is 0. The van der Waals surface area contributed by atoms with Crippen LogP contribution in [0.1, 0.15) is 16.7 Å². The Hall–Kier alpha value is -3.48. The Morgan fingerprint density at radius 2 is 1.73 bits per heavy atom. The number of benzene rings is 2. The predicted molar refractivity (Wildman–Crippen MR) is 99.1 cm³/mol. The third-order valence-electron chi connectivity index (χ3n) is 3.98. The van der Waals surface area contributed by atoms with Gasteiger partial charge < -0.3 is 10.1 Å². The monoisotopic (exact) mass is 350 g/mol. The van der Waals surface area contributed by atoms with Crippen LogP contribution in [-0.2, 0) is 0 Å². The summed E-state index contributed by atoms with van der Waals surface area (Å²) < 4.78 is 5.67. The average molecular weight is 350 g/mol. The highest BCUT2D eigenvalue weighted by atomic mass is 16.6. The van der Waals surface area contributed by atoms with E-state index < -0.39 is 4.92 Å². The molecule has 1 N–H and O–H groups in total. The predicted octanol–water partition coefficient (Wildman–Crippen LogP) is 4.85. The van der Waals surface area contributed by atoms with Gasteiger partial charge in [0.05, 0.1) is 4.92 Å². The number of hydrogen-bond acceptors (Lipinski definition) is 6. The Kier molecular flexibility index (Phi) is 4.79. The Labute approximate surface area is 150 Å². The lowest BCUT2D eigenvalue weighted by atomic mass is 10.1. The van der Waals surface area contributed by atoms with Gasteiger partial charge in [0, 0.05) is 5.69 Å². The zero-order valence-corrected chi connectivity index (χ0v) is 14.7. The first-order chi connectivity index (χ1) is 12.4. The molecule has 0 aliphatic rings. The number of aromatic nitrogens is 2. The van der Waals surface area contributed by atoms with Crippen molar-refractivity contribution in [2.24, 2.45) is 0 Å². The van der Waals surface area contributed by atoms with Gasteiger partial charge in [-0.2, -0.15) is 4.98 Å². The molecule has 0 radical (unpaired) electrons. The van der Waals surface area contributed by atoms with Gasteiger partial charge in [-0.3, -0.25) is 10.1 Å². The summed E-state index contributed by atoms with van der Waals surface area (Å²) in [5, 5.41) is 14.6. The van der Waals surface area contributed by atoms with Gasteiger partial charge in [-0.1, -0.05) is 23.8 Å². The molecule has 7 nitrogen and oxygen atoms in total. The minimum Gasteiger partial charge on any atom is -0.434 e. The first kappa shape index (κ1) is 17.3. The van der Waals surface area contributed by atoms with E-state index in [1.807, 2.05) is 57.2 Å². The van der Waals surface area contributed by atoms with Crippen LogP contribution < -0.4 is 10.1 Å². The largest absolute Gasteiger partial charge is 0.434 e. The standard InChI is InChI=1S/C19H18N4O3/c1-12-4-7-15(8-5-12)22-18-17(23(24)25)19(21-11-20-18)26-16-9-6-13(2)14(3)10-16/h4-11H,1-3H3,(H,20,21,22). The fourth-order valence-electron chi connectivity index (χ4n) is 2.36. The topological polar surface area (TPSA) is 90.2 Å². The minimum atomic E-state index is -0.549. The molecule has 2 aromatic carbocycles. The Bertz CT molecular complexity index is 955. The number of rotatable bonds is 5. The number of anilines is 2. The number of nitrogens with zero attached hydrogens (tertiary/aromatic N) is 3. The lowest BCUT2D eigenvalue weighted by Crippen LogP contribution is -2.03. The SMILES string of the molecule is Cc1ccc(Nc2ncnc(Oc3ccc(C)c(C)c3)c2[N+](=O)[O-])cc1. The van der Waals surface area contributed by atoms with E-state index in [9.17, 15) is 10.1 Å². The second-order valence-electron chi connectivity index (χ2n) is 5.97. The van der Waals surface area contributed by atoms with Gasteiger partial charge in [-0.25, -0.2) is 4.98 Å². The zero-order chi connectivity index (χ0) is 18.7. The molecule has 0 fully saturated rings. The molecule has 1 heterocycles. The van der Waals surface area contributed by atoms with Crippen LogP contribution in [0.25, 0.3) is 0 Å². The molecule has 0 unspecified atom stereocenters. The molecule has 0 saturated carbocycles. The van der Waals surface area contributed by atoms with Crippen molar-refractivity contribution < 1.29 is 9.66 Å². The smallest absolute Gasteiger partial charge is 0.373 e. The molecule has 0 bridgehead atoms. The summed E-state index contributed by atoms with van der Waals surface area (Å²) in [5.74, 6) is 0.451. The van der Waals surface area contributed by atoms with E-state index in [2.05, 4.69) is 15.3 Å². The molecule has 3 aromatic rings. The molecule has 0 spiro atoms. The second kappa shape index (κ2) is 7.18. The van der Waals surface area contributed by atoms with Gasteiger partial charge >= 0.3 is 11.6 Å². The quantitative estimate of drug-likeness (QED) is 0.523. The number of aryl methyl sites for hydroxylation is 3. The van der Waals surface area contributed by atoms with Crippen LogP contribution >= 0.6 is 0 Å². The van der Waals surface area contributed by atoms with E-state index in [1.54, 1.807) is 6.07 Å². The summed E-state index contributed by atoms with van der Waals surface area (Å²) in [6.45, 7) is 5.89. The molecule has 0 saturated heterocycles. The molecule has 0 amide bonds. The van der Waals surface area contributed by atoms with Crippen molar-refractivity contribution in [1.29, 1.82) is 0 Å². The highest BCUT2D eigenvalue weighted by Crippen LogP contribution is 2.35. The van der Waals surface area contributed by atoms with Crippen molar-refractivity contribution in [1.82, 2.24) is 9.97 Å². The molecule has 0 aliphatic carbocycles. The molecule has 7 heteroatoms. The fraction of sp³-hybridized carbons (Fsp3) is 0.158. The van der Waals surface area contributed by atoms with E-state index in [4.69, 9.17) is 4.74 Å². The van der Waals surface area contributed by atoms with Gasteiger partial charge in [0.25, 0.3) is 0 Å². The van der Waals surface area contributed by atoms with Gasteiger partial charge in [0.15, 0.2) is 0 Å². The van der Waals surface area contributed by atoms with Crippen LogP contribution in [0.5, 0.6) is 11.6 Å². The number of hydrogen-bond donors (Lipinski definition) is 1. The first-order valence-corrected chi connectivity index (χ1v) is 8.02. The fourth-order valence-corrected chi connectivity index (χ4v) is 2.36. The number of ether oxygens (including phenoxy) is 1. The molecule has 1 aromatic heterocycles. The van der Waals surface area contributed by atoms with E-state index in [0.717, 1.165) is 16.7 Å². The van der Waals surface area contributed by atoms with Gasteiger partial charge in [-0.15, -0.1) is 0 Å². The summed E-state index contributed by atoms with van der Waals surface area (Å²) in [6.07, 6.45) is 1.24. The molecular weight excluding hydrogens is 332 g/mol. The second-order valence-corrected chi connectivity index (χ2v) is 5.97. The van der Waals surface area contributed by atoms with Gasteiger partial charge in [0.2, 0.25) is 5.82 Å². The average Bonchev–Trinajstić information content (AvgIpc) is 2.60. The summed E-state index contributed by atoms with van der Waals surface area (Å²) in [6, 6.07) is 12.9. The third kappa shape index (κ3) is 3.77. The first-order valence-electron chi connectivity index (χ1n) is 8.02. The van der Waals surface area contributed by atoms with Crippen LogP contribution in [0, 0.1) is 30.9 Å². The number of nitro groups is 1. The van der Waals surface area contributed by atoms with Crippen LogP contribution in [-0.4, -0.2) is 14.9 Å². The van der Waals surface area contributed by atoms with E-state index in [-0.39, 0.29) is 17.4 Å². The van der Waals surface area contributed by atoms with Crippen LogP contribution in [0.3, 0.4) is 0 Å². The van der Waals surface area contributed by atoms with Gasteiger partial charge in [0.1, 0.15) is 12.1 Å². The Balaban J connectivity index is 1.96. The van der Waals surface area contributed by atoms with E-state index in [1.165, 1.54) is 6.33 Å². The maximum Gasteiger partial charge on any atom is 0.373 e. The Morgan fingerprint density at radius 3 is 2.38 bits per heavy atom. The van der Waals surface area contributed by atoms with Crippen molar-refractivity contribution in [3.05, 3.63) is 75.6 Å². The highest BCUT2D eigenvalue weighted by Gasteiger charge is 2.25. The van der Waals surface area contributed by atoms with Gasteiger partial charge in [-0.05, 0) is 56.2 Å². The number of nitrogens with one attached hydrogen (secondary N) is 1. The highest BCUT2D eigenvalue weighted by molar-refractivity contribution is 5.68. The molecule has 132 valence electrons. The molecule has 26 heavy (non-hydrogen) atoms. The van der Waals surface area contributed by atoms with E-state index >= 15 is 0 Å². The maximum absolute atomic E-state index is 11.6. The van der Waals surface area contributed by atoms with Crippen molar-refractivity contribution in [3.8, 4) is 11.6 Å². The third-order valence-corrected chi connectivity index (χ3v) is 3.98. The lowest BCUT2D eigenvalue weighted by Gasteiger charge is -2.10. The van der Waals surface area contributed by atoms with Crippen LogP contribution in [0.4, 0.5) is 17.2 Å². The molecule has 0 atom stereocenters. The minimum absolute atomic E-state index is 0.0766. The normalized spacial score (nSPS) is 10.4. The molecular formula is C19H18N4O3. The van der Waals surface area contributed by atoms with Crippen molar-refractivity contribution in [2.45, 2.75) is 20.8 Å². The van der Waals surface area contributed by atoms with Crippen molar-refractivity contribution >= 4 is 17.2 Å². The lowest BCUT2D eigenvalue weighted by molar-refractivity contribution is -0.385. The summed E-state index contributed by atoms with van der Waals surface area (Å²) in [4.78, 5) is 19.0. The van der Waals surface area contributed by atoms with Crippen molar-refractivity contribution in [2.75, 3.05) is 5.32 Å². The maximum atomic E-state index is 11.6. The van der Waals surface area contributed by atoms with E-state index in [0.29, 0.717) is 11.4 Å². The summed E-state index contributed by atoms with van der Waals surface area (Å²) in [5.41, 5.74) is 3.60.